The Morgan fingerprint density at radius 3 is 2.39 bits per heavy atom. The summed E-state index contributed by atoms with van der Waals surface area (Å²) < 4.78 is 0. The molecule has 2 fully saturated rings. The first-order valence-electron chi connectivity index (χ1n) is 13.6. The van der Waals surface area contributed by atoms with Crippen LogP contribution in [0, 0.1) is 6.92 Å². The molecule has 0 saturated carbocycles. The van der Waals surface area contributed by atoms with Crippen molar-refractivity contribution in [1.29, 1.82) is 0 Å². The van der Waals surface area contributed by atoms with Gasteiger partial charge in [0.15, 0.2) is 0 Å². The van der Waals surface area contributed by atoms with Gasteiger partial charge in [-0.15, -0.1) is 0 Å². The Bertz CT molecular complexity index is 1150. The molecule has 2 saturated heterocycles. The van der Waals surface area contributed by atoms with Crippen molar-refractivity contribution in [3.8, 4) is 0 Å². The predicted octanol–water partition coefficient (Wildman–Crippen LogP) is 3.88. The molecule has 4 heterocycles. The summed E-state index contributed by atoms with van der Waals surface area (Å²) in [6.07, 6.45) is 6.09. The number of anilines is 3. The molecule has 2 aliphatic heterocycles. The molecule has 0 spiro atoms. The van der Waals surface area contributed by atoms with Crippen LogP contribution in [0.15, 0.2) is 42.7 Å². The second kappa shape index (κ2) is 11.4. The monoisotopic (exact) mass is 487 g/mol. The maximum atomic E-state index is 4.83. The van der Waals surface area contributed by atoms with E-state index in [1.807, 2.05) is 12.4 Å². The summed E-state index contributed by atoms with van der Waals surface area (Å²) in [5, 5.41) is 4.85. The van der Waals surface area contributed by atoms with Gasteiger partial charge in [-0.1, -0.05) is 19.1 Å². The lowest BCUT2D eigenvalue weighted by Gasteiger charge is -2.39. The summed E-state index contributed by atoms with van der Waals surface area (Å²) in [5.74, 6) is 1.20. The third-order valence-corrected chi connectivity index (χ3v) is 7.74. The second-order valence-electron chi connectivity index (χ2n) is 10.3. The summed E-state index contributed by atoms with van der Waals surface area (Å²) in [6.45, 7) is 15.3. The number of aryl methyl sites for hydroxylation is 1. The topological polar surface area (TPSA) is 50.8 Å². The number of aromatic nitrogens is 2. The van der Waals surface area contributed by atoms with E-state index in [-0.39, 0.29) is 0 Å². The molecule has 5 rings (SSSR count). The molecule has 192 valence electrons. The van der Waals surface area contributed by atoms with Crippen LogP contribution in [0.2, 0.25) is 0 Å². The third kappa shape index (κ3) is 5.57. The Hall–Kier alpha value is -2.90. The average Bonchev–Trinajstić information content (AvgIpc) is 2.91. The van der Waals surface area contributed by atoms with E-state index in [0.717, 1.165) is 83.8 Å². The zero-order chi connectivity index (χ0) is 24.9. The van der Waals surface area contributed by atoms with E-state index in [4.69, 9.17) is 4.98 Å². The number of piperazine rings is 2. The van der Waals surface area contributed by atoms with Crippen LogP contribution < -0.4 is 15.1 Å². The Morgan fingerprint density at radius 2 is 1.61 bits per heavy atom. The molecule has 1 N–H and O–H groups in total. The van der Waals surface area contributed by atoms with Crippen molar-refractivity contribution in [2.45, 2.75) is 26.7 Å². The van der Waals surface area contributed by atoms with Gasteiger partial charge in [-0.3, -0.25) is 9.88 Å². The number of hydrogen-bond donors (Lipinski definition) is 1. The van der Waals surface area contributed by atoms with Gasteiger partial charge in [0.05, 0.1) is 5.52 Å². The number of rotatable bonds is 8. The lowest BCUT2D eigenvalue weighted by atomic mass is 10.1. The van der Waals surface area contributed by atoms with Crippen molar-refractivity contribution in [2.75, 3.05) is 87.6 Å². The molecule has 0 bridgehead atoms. The summed E-state index contributed by atoms with van der Waals surface area (Å²) in [6, 6.07) is 10.8. The number of nitrogens with zero attached hydrogens (tertiary/aromatic N) is 6. The SMILES string of the molecule is CCc1c(N2CCN(CCCNc3ccnc4cc(C)ccc34)CC2)ccnc1N1CCN(C)CC1. The highest BCUT2D eigenvalue weighted by molar-refractivity contribution is 5.91. The first-order valence-corrected chi connectivity index (χ1v) is 13.6. The van der Waals surface area contributed by atoms with Crippen molar-refractivity contribution < 1.29 is 0 Å². The van der Waals surface area contributed by atoms with Crippen LogP contribution in [0.3, 0.4) is 0 Å². The minimum absolute atomic E-state index is 0.978. The zero-order valence-corrected chi connectivity index (χ0v) is 22.2. The molecule has 2 aliphatic rings. The third-order valence-electron chi connectivity index (χ3n) is 7.74. The molecule has 7 heteroatoms. The summed E-state index contributed by atoms with van der Waals surface area (Å²) in [4.78, 5) is 19.4. The van der Waals surface area contributed by atoms with E-state index >= 15 is 0 Å². The summed E-state index contributed by atoms with van der Waals surface area (Å²) in [5.41, 5.74) is 6.31. The molecule has 0 aliphatic carbocycles. The molecule has 36 heavy (non-hydrogen) atoms. The predicted molar refractivity (Wildman–Crippen MR) is 152 cm³/mol. The number of hydrogen-bond acceptors (Lipinski definition) is 7. The summed E-state index contributed by atoms with van der Waals surface area (Å²) >= 11 is 0. The molecule has 7 nitrogen and oxygen atoms in total. The normalized spacial score (nSPS) is 17.6. The maximum absolute atomic E-state index is 4.83. The first kappa shape index (κ1) is 24.8. The van der Waals surface area contributed by atoms with Crippen LogP contribution >= 0.6 is 0 Å². The fourth-order valence-electron chi connectivity index (χ4n) is 5.55. The van der Waals surface area contributed by atoms with Gasteiger partial charge in [-0.05, 0) is 57.1 Å². The fraction of sp³-hybridized carbons (Fsp3) is 0.517. The van der Waals surface area contributed by atoms with Gasteiger partial charge in [-0.25, -0.2) is 4.98 Å². The van der Waals surface area contributed by atoms with E-state index in [0.29, 0.717) is 0 Å². The van der Waals surface area contributed by atoms with E-state index in [2.05, 4.69) is 81.1 Å². The average molecular weight is 488 g/mol. The number of likely N-dealkylation sites (N-methyl/N-ethyl adjacent to an activating group) is 1. The summed E-state index contributed by atoms with van der Waals surface area (Å²) in [7, 11) is 2.21. The lowest BCUT2D eigenvalue weighted by Crippen LogP contribution is -2.47. The van der Waals surface area contributed by atoms with E-state index < -0.39 is 0 Å². The second-order valence-corrected chi connectivity index (χ2v) is 10.3. The van der Waals surface area contributed by atoms with Gasteiger partial charge in [0.1, 0.15) is 5.82 Å². The molecule has 0 unspecified atom stereocenters. The Kier molecular flexibility index (Phi) is 7.87. The van der Waals surface area contributed by atoms with Crippen molar-refractivity contribution >= 4 is 28.1 Å². The quantitative estimate of drug-likeness (QED) is 0.484. The molecular weight excluding hydrogens is 446 g/mol. The molecule has 0 atom stereocenters. The van der Waals surface area contributed by atoms with Crippen LogP contribution in [-0.2, 0) is 6.42 Å². The van der Waals surface area contributed by atoms with Crippen LogP contribution in [0.4, 0.5) is 17.2 Å². The van der Waals surface area contributed by atoms with E-state index in [9.17, 15) is 0 Å². The van der Waals surface area contributed by atoms with Crippen LogP contribution in [-0.4, -0.2) is 92.3 Å². The fourth-order valence-corrected chi connectivity index (χ4v) is 5.55. The van der Waals surface area contributed by atoms with E-state index in [1.165, 1.54) is 33.7 Å². The minimum atomic E-state index is 0.978. The molecule has 3 aromatic rings. The lowest BCUT2D eigenvalue weighted by molar-refractivity contribution is 0.257. The van der Waals surface area contributed by atoms with Gasteiger partial charge < -0.3 is 20.0 Å². The van der Waals surface area contributed by atoms with E-state index in [1.54, 1.807) is 0 Å². The van der Waals surface area contributed by atoms with Gasteiger partial charge >= 0.3 is 0 Å². The largest absolute Gasteiger partial charge is 0.384 e. The Balaban J connectivity index is 1.12. The zero-order valence-electron chi connectivity index (χ0n) is 22.2. The Morgan fingerprint density at radius 1 is 0.861 bits per heavy atom. The van der Waals surface area contributed by atoms with Gasteiger partial charge in [0.2, 0.25) is 0 Å². The standard InChI is InChI=1S/C29H41N7/c1-4-24-28(9-12-32-29(24)36-18-14-33(3)15-19-36)35-20-16-34(17-21-35)13-5-10-30-26-8-11-31-27-22-23(2)6-7-25(26)27/h6-9,11-12,22H,4-5,10,13-21H2,1-3H3,(H,30,31). The van der Waals surface area contributed by atoms with Crippen molar-refractivity contribution in [1.82, 2.24) is 19.8 Å². The van der Waals surface area contributed by atoms with Crippen LogP contribution in [0.5, 0.6) is 0 Å². The molecule has 0 amide bonds. The minimum Gasteiger partial charge on any atom is -0.384 e. The number of fused-ring (bicyclic) bond motifs is 1. The van der Waals surface area contributed by atoms with Gasteiger partial charge in [-0.2, -0.15) is 0 Å². The van der Waals surface area contributed by atoms with Gasteiger partial charge in [0.25, 0.3) is 0 Å². The highest BCUT2D eigenvalue weighted by atomic mass is 15.3. The molecule has 2 aromatic heterocycles. The van der Waals surface area contributed by atoms with Crippen LogP contribution in [0.25, 0.3) is 10.9 Å². The highest BCUT2D eigenvalue weighted by Gasteiger charge is 2.23. The van der Waals surface area contributed by atoms with Gasteiger partial charge in [0, 0.05) is 93.6 Å². The number of benzene rings is 1. The van der Waals surface area contributed by atoms with Crippen LogP contribution in [0.1, 0.15) is 24.5 Å². The van der Waals surface area contributed by atoms with Crippen molar-refractivity contribution in [3.05, 3.63) is 53.9 Å². The van der Waals surface area contributed by atoms with Crippen molar-refractivity contribution in [2.24, 2.45) is 0 Å². The first-order chi connectivity index (χ1) is 17.6. The number of pyridine rings is 2. The smallest absolute Gasteiger partial charge is 0.133 e. The molecular formula is C29H41N7. The maximum Gasteiger partial charge on any atom is 0.133 e. The number of nitrogens with one attached hydrogen (secondary N) is 1. The Labute approximate surface area is 216 Å². The highest BCUT2D eigenvalue weighted by Crippen LogP contribution is 2.30. The van der Waals surface area contributed by atoms with Crippen molar-refractivity contribution in [3.63, 3.8) is 0 Å². The molecule has 1 aromatic carbocycles. The molecule has 0 radical (unpaired) electrons.